The number of rotatable bonds is 3. The van der Waals surface area contributed by atoms with E-state index in [2.05, 4.69) is 48.2 Å². The number of amides is 2. The Morgan fingerprint density at radius 3 is 1.73 bits per heavy atom. The Morgan fingerprint density at radius 1 is 0.712 bits per heavy atom. The highest BCUT2D eigenvalue weighted by atomic mass is 16.5. The highest BCUT2D eigenvalue weighted by Crippen LogP contribution is 2.57. The van der Waals surface area contributed by atoms with Crippen LogP contribution in [0.1, 0.15) is 68.7 Å². The summed E-state index contributed by atoms with van der Waals surface area (Å²) < 4.78 is 23.9. The van der Waals surface area contributed by atoms with Gasteiger partial charge < -0.3 is 33.9 Å². The molecule has 0 saturated carbocycles. The summed E-state index contributed by atoms with van der Waals surface area (Å²) in [7, 11) is 7.64. The van der Waals surface area contributed by atoms with Crippen LogP contribution < -0.4 is 18.9 Å². The number of hydrogen-bond acceptors (Lipinski definition) is 9. The summed E-state index contributed by atoms with van der Waals surface area (Å²) in [4.78, 5) is 32.2. The number of ether oxygens (including phenoxy) is 4. The van der Waals surface area contributed by atoms with Crippen molar-refractivity contribution in [3.05, 3.63) is 106 Å². The molecule has 10 heteroatoms. The summed E-state index contributed by atoms with van der Waals surface area (Å²) in [5.41, 5.74) is 5.64. The first-order valence-corrected chi connectivity index (χ1v) is 18.3. The molecule has 2 aliphatic carbocycles. The molecule has 3 aromatic carbocycles. The molecule has 2 amide bonds. The Bertz CT molecular complexity index is 2010. The number of carbonyl (C=O) groups is 2. The predicted molar refractivity (Wildman–Crippen MR) is 194 cm³/mol. The van der Waals surface area contributed by atoms with E-state index >= 15 is 0 Å². The Morgan fingerprint density at radius 2 is 1.21 bits per heavy atom. The van der Waals surface area contributed by atoms with Crippen LogP contribution in [-0.4, -0.2) is 97.4 Å². The Hall–Kier alpha value is -4.64. The second-order valence-electron chi connectivity index (χ2n) is 15.4. The van der Waals surface area contributed by atoms with Crippen molar-refractivity contribution in [1.29, 1.82) is 0 Å². The van der Waals surface area contributed by atoms with E-state index in [4.69, 9.17) is 18.9 Å². The van der Waals surface area contributed by atoms with Crippen molar-refractivity contribution in [2.75, 3.05) is 41.4 Å². The lowest BCUT2D eigenvalue weighted by Crippen LogP contribution is -2.49. The molecule has 1 N–H and O–H groups in total. The van der Waals surface area contributed by atoms with Gasteiger partial charge in [0.05, 0.1) is 48.3 Å². The molecule has 5 heterocycles. The van der Waals surface area contributed by atoms with Gasteiger partial charge >= 0.3 is 0 Å². The second kappa shape index (κ2) is 12.2. The maximum atomic E-state index is 13.0. The van der Waals surface area contributed by atoms with Crippen molar-refractivity contribution in [3.63, 3.8) is 0 Å². The first kappa shape index (κ1) is 33.2. The van der Waals surface area contributed by atoms with Gasteiger partial charge in [-0.25, -0.2) is 0 Å². The monoisotopic (exact) mass is 703 g/mol. The summed E-state index contributed by atoms with van der Waals surface area (Å²) in [6, 6.07) is 15.0. The molecular formula is C42H45N3O7. The summed E-state index contributed by atoms with van der Waals surface area (Å²) in [5.74, 6) is 2.79. The SMILES string of the molecule is COc1ccc2c3c1O[C@H]1C[C@@H](O)C=C[C@@]31CCN(C)C2.COc1ccc2c3c1O[C@H]1C[C@H](N4C(=O)c5ccccc5C4=O)C=C[C@@]31CCN(C)C2. The molecule has 0 saturated heterocycles. The molecule has 10 nitrogen and oxygen atoms in total. The van der Waals surface area contributed by atoms with Gasteiger partial charge in [-0.15, -0.1) is 0 Å². The molecule has 0 bridgehead atoms. The summed E-state index contributed by atoms with van der Waals surface area (Å²) in [6.07, 6.45) is 11.0. The zero-order valence-corrected chi connectivity index (χ0v) is 30.1. The highest BCUT2D eigenvalue weighted by Gasteiger charge is 2.55. The first-order valence-electron chi connectivity index (χ1n) is 18.3. The fourth-order valence-corrected chi connectivity index (χ4v) is 9.86. The average Bonchev–Trinajstić information content (AvgIpc) is 3.67. The van der Waals surface area contributed by atoms with Crippen LogP contribution in [-0.2, 0) is 23.9 Å². The van der Waals surface area contributed by atoms with Crippen molar-refractivity contribution in [2.45, 2.75) is 74.0 Å². The summed E-state index contributed by atoms with van der Waals surface area (Å²) in [5, 5.41) is 9.97. The van der Waals surface area contributed by atoms with Crippen LogP contribution in [0.25, 0.3) is 0 Å². The first-order chi connectivity index (χ1) is 25.2. The van der Waals surface area contributed by atoms with Gasteiger partial charge in [0.1, 0.15) is 12.2 Å². The predicted octanol–water partition coefficient (Wildman–Crippen LogP) is 5.00. The van der Waals surface area contributed by atoms with Gasteiger partial charge in [0.2, 0.25) is 0 Å². The van der Waals surface area contributed by atoms with Crippen LogP contribution in [0.3, 0.4) is 0 Å². The van der Waals surface area contributed by atoms with E-state index in [9.17, 15) is 14.7 Å². The summed E-state index contributed by atoms with van der Waals surface area (Å²) in [6.45, 7) is 3.76. The molecule has 0 aromatic heterocycles. The molecule has 7 aliphatic rings. The lowest BCUT2D eigenvalue weighted by atomic mass is 9.68. The van der Waals surface area contributed by atoms with Gasteiger partial charge in [-0.1, -0.05) is 48.6 Å². The van der Waals surface area contributed by atoms with Crippen molar-refractivity contribution >= 4 is 11.8 Å². The van der Waals surface area contributed by atoms with E-state index in [-0.39, 0.29) is 40.9 Å². The normalized spacial score (nSPS) is 30.8. The third-order valence-electron chi connectivity index (χ3n) is 12.5. The van der Waals surface area contributed by atoms with Crippen molar-refractivity contribution in [1.82, 2.24) is 14.7 Å². The minimum atomic E-state index is -0.412. The maximum absolute atomic E-state index is 13.0. The molecule has 3 aromatic rings. The van der Waals surface area contributed by atoms with Crippen molar-refractivity contribution in [3.8, 4) is 23.0 Å². The molecular weight excluding hydrogens is 658 g/mol. The molecule has 10 rings (SSSR count). The number of fused-ring (bicyclic) bond motifs is 1. The lowest BCUT2D eigenvalue weighted by molar-refractivity contribution is 0.0530. The van der Waals surface area contributed by atoms with Crippen molar-refractivity contribution in [2.24, 2.45) is 0 Å². The van der Waals surface area contributed by atoms with E-state index in [1.54, 1.807) is 38.5 Å². The fraction of sp³-hybridized carbons (Fsp3) is 0.429. The highest BCUT2D eigenvalue weighted by molar-refractivity contribution is 6.21. The molecule has 0 fully saturated rings. The Labute approximate surface area is 304 Å². The molecule has 6 atom stereocenters. The maximum Gasteiger partial charge on any atom is 0.262 e. The third-order valence-corrected chi connectivity index (χ3v) is 12.5. The number of aliphatic hydroxyl groups is 1. The molecule has 0 unspecified atom stereocenters. The van der Waals surface area contributed by atoms with E-state index in [1.807, 2.05) is 24.3 Å². The average molecular weight is 704 g/mol. The largest absolute Gasteiger partial charge is 0.493 e. The minimum absolute atomic E-state index is 0.00838. The molecule has 2 spiro atoms. The van der Waals surface area contributed by atoms with Crippen LogP contribution in [0.5, 0.6) is 23.0 Å². The smallest absolute Gasteiger partial charge is 0.262 e. The number of methoxy groups -OCH3 is 2. The Kier molecular flexibility index (Phi) is 7.80. The van der Waals surface area contributed by atoms with Crippen LogP contribution in [0.2, 0.25) is 0 Å². The third kappa shape index (κ3) is 4.80. The fourth-order valence-electron chi connectivity index (χ4n) is 9.86. The van der Waals surface area contributed by atoms with E-state index in [1.165, 1.54) is 27.2 Å². The van der Waals surface area contributed by atoms with Gasteiger partial charge in [0.25, 0.3) is 11.8 Å². The van der Waals surface area contributed by atoms with E-state index in [0.29, 0.717) is 24.0 Å². The van der Waals surface area contributed by atoms with E-state index < -0.39 is 6.10 Å². The summed E-state index contributed by atoms with van der Waals surface area (Å²) >= 11 is 0. The van der Waals surface area contributed by atoms with Gasteiger partial charge in [-0.3, -0.25) is 14.5 Å². The van der Waals surface area contributed by atoms with Crippen molar-refractivity contribution < 1.29 is 33.6 Å². The number of hydrogen-bond donors (Lipinski definition) is 1. The van der Waals surface area contributed by atoms with E-state index in [0.717, 1.165) is 62.0 Å². The zero-order chi connectivity index (χ0) is 35.9. The van der Waals surface area contributed by atoms with Crippen LogP contribution >= 0.6 is 0 Å². The number of aliphatic hydroxyl groups excluding tert-OH is 1. The molecule has 270 valence electrons. The van der Waals surface area contributed by atoms with Gasteiger partial charge in [0.15, 0.2) is 23.0 Å². The molecule has 0 radical (unpaired) electrons. The van der Waals surface area contributed by atoms with Crippen LogP contribution in [0, 0.1) is 0 Å². The minimum Gasteiger partial charge on any atom is -0.493 e. The number of nitrogens with zero attached hydrogens (tertiary/aromatic N) is 3. The Balaban J connectivity index is 0.000000149. The number of benzene rings is 3. The van der Waals surface area contributed by atoms with Crippen LogP contribution in [0.4, 0.5) is 0 Å². The number of carbonyl (C=O) groups excluding carboxylic acids is 2. The zero-order valence-electron chi connectivity index (χ0n) is 30.1. The topological polar surface area (TPSA) is 101 Å². The van der Waals surface area contributed by atoms with Gasteiger partial charge in [-0.05, 0) is 75.4 Å². The standard InChI is InChI=1S/C25H24N2O4.C17H21NO3/c1-26-12-11-25-10-9-16(27-23(28)17-5-3-4-6-18(17)24(27)29)13-20(25)31-22-19(30-2)8-7-15(14-26)21(22)25;1-18-8-7-17-6-5-12(19)9-14(17)21-16-13(20-2)4-3-11(10-18)15(16)17/h3-10,16,20H,11-14H2,1-2H3;3-6,12,14,19H,7-10H2,1-2H3/t16-,20+,25+;12-,14-,17-/m10/s1. The van der Waals surface area contributed by atoms with Gasteiger partial charge in [-0.2, -0.15) is 0 Å². The molecule has 5 aliphatic heterocycles. The number of imide groups is 1. The van der Waals surface area contributed by atoms with Crippen LogP contribution in [0.15, 0.2) is 72.8 Å². The van der Waals surface area contributed by atoms with Gasteiger partial charge in [0, 0.05) is 37.1 Å². The second-order valence-corrected chi connectivity index (χ2v) is 15.4. The quantitative estimate of drug-likeness (QED) is 0.298. The lowest BCUT2D eigenvalue weighted by Gasteiger charge is -2.39. The molecule has 52 heavy (non-hydrogen) atoms.